The Morgan fingerprint density at radius 2 is 2.06 bits per heavy atom. The van der Waals surface area contributed by atoms with Gasteiger partial charge in [0.1, 0.15) is 0 Å². The van der Waals surface area contributed by atoms with Gasteiger partial charge in [-0.3, -0.25) is 4.79 Å². The van der Waals surface area contributed by atoms with Gasteiger partial charge in [0.05, 0.1) is 17.8 Å². The van der Waals surface area contributed by atoms with Crippen molar-refractivity contribution in [3.05, 3.63) is 28.7 Å². The van der Waals surface area contributed by atoms with Crippen LogP contribution in [0.5, 0.6) is 0 Å². The number of hydrogen-bond donors (Lipinski definition) is 3. The fourth-order valence-corrected chi connectivity index (χ4v) is 1.62. The van der Waals surface area contributed by atoms with E-state index in [4.69, 9.17) is 0 Å². The molecule has 1 aromatic carbocycles. The van der Waals surface area contributed by atoms with Gasteiger partial charge in [-0.2, -0.15) is 0 Å². The summed E-state index contributed by atoms with van der Waals surface area (Å²) in [6.45, 7) is 3.92. The maximum Gasteiger partial charge on any atom is 0.238 e. The highest BCUT2D eigenvalue weighted by atomic mass is 79.9. The molecule has 0 aliphatic rings. The van der Waals surface area contributed by atoms with Crippen LogP contribution >= 0.6 is 15.9 Å². The first kappa shape index (κ1) is 14.2. The Morgan fingerprint density at radius 1 is 1.41 bits per heavy atom. The molecule has 0 bridgehead atoms. The molecule has 0 fully saturated rings. The minimum absolute atomic E-state index is 0.138. The van der Waals surface area contributed by atoms with E-state index >= 15 is 0 Å². The first-order valence-electron chi connectivity index (χ1n) is 5.36. The highest BCUT2D eigenvalue weighted by Crippen LogP contribution is 2.20. The molecule has 3 N–H and O–H groups in total. The average molecular weight is 301 g/mol. The van der Waals surface area contributed by atoms with Crippen LogP contribution in [0, 0.1) is 0 Å². The Kier molecular flexibility index (Phi) is 5.11. The monoisotopic (exact) mass is 300 g/mol. The molecule has 0 spiro atoms. The first-order chi connectivity index (χ1) is 7.88. The third-order valence-corrected chi connectivity index (χ3v) is 2.68. The number of carbonyl (C=O) groups excluding carboxylic acids is 1. The van der Waals surface area contributed by atoms with E-state index in [-0.39, 0.29) is 12.5 Å². The van der Waals surface area contributed by atoms with Crippen LogP contribution in [0.1, 0.15) is 13.8 Å². The van der Waals surface area contributed by atoms with E-state index in [2.05, 4.69) is 26.6 Å². The van der Waals surface area contributed by atoms with Crippen molar-refractivity contribution in [3.8, 4) is 0 Å². The van der Waals surface area contributed by atoms with Gasteiger partial charge in [-0.15, -0.1) is 0 Å². The molecule has 94 valence electrons. The van der Waals surface area contributed by atoms with E-state index in [1.807, 2.05) is 24.3 Å². The highest BCUT2D eigenvalue weighted by molar-refractivity contribution is 9.10. The van der Waals surface area contributed by atoms with Crippen LogP contribution in [-0.4, -0.2) is 29.7 Å². The molecule has 0 saturated heterocycles. The SMILES string of the molecule is CC(C)(O)CNCC(=O)Nc1ccccc1Br. The molecule has 0 aliphatic heterocycles. The minimum Gasteiger partial charge on any atom is -0.389 e. The van der Waals surface area contributed by atoms with E-state index < -0.39 is 5.60 Å². The molecule has 0 unspecified atom stereocenters. The predicted molar refractivity (Wildman–Crippen MR) is 71.9 cm³/mol. The molecule has 0 radical (unpaired) electrons. The second-order valence-electron chi connectivity index (χ2n) is 4.44. The molecule has 0 heterocycles. The Bertz CT molecular complexity index is 388. The molecule has 1 aromatic rings. The van der Waals surface area contributed by atoms with Crippen LogP contribution in [0.4, 0.5) is 5.69 Å². The van der Waals surface area contributed by atoms with Gasteiger partial charge in [-0.05, 0) is 41.9 Å². The Labute approximate surface area is 110 Å². The van der Waals surface area contributed by atoms with Gasteiger partial charge < -0.3 is 15.7 Å². The summed E-state index contributed by atoms with van der Waals surface area (Å²) in [5.74, 6) is -0.138. The van der Waals surface area contributed by atoms with Crippen molar-refractivity contribution >= 4 is 27.5 Å². The molecule has 17 heavy (non-hydrogen) atoms. The number of aliphatic hydroxyl groups is 1. The van der Waals surface area contributed by atoms with Crippen LogP contribution in [-0.2, 0) is 4.79 Å². The number of amides is 1. The third kappa shape index (κ3) is 5.81. The van der Waals surface area contributed by atoms with Crippen LogP contribution in [0.25, 0.3) is 0 Å². The lowest BCUT2D eigenvalue weighted by atomic mass is 10.1. The van der Waals surface area contributed by atoms with Crippen LogP contribution < -0.4 is 10.6 Å². The smallest absolute Gasteiger partial charge is 0.238 e. The van der Waals surface area contributed by atoms with Gasteiger partial charge in [0.15, 0.2) is 0 Å². The zero-order valence-electron chi connectivity index (χ0n) is 9.96. The zero-order chi connectivity index (χ0) is 12.9. The summed E-state index contributed by atoms with van der Waals surface area (Å²) in [7, 11) is 0. The van der Waals surface area contributed by atoms with Crippen molar-refractivity contribution in [2.75, 3.05) is 18.4 Å². The first-order valence-corrected chi connectivity index (χ1v) is 6.15. The van der Waals surface area contributed by atoms with Crippen molar-refractivity contribution in [2.24, 2.45) is 0 Å². The summed E-state index contributed by atoms with van der Waals surface area (Å²) in [6, 6.07) is 7.41. The standard InChI is InChI=1S/C12H17BrN2O2/c1-12(2,17)8-14-7-11(16)15-10-6-4-3-5-9(10)13/h3-6,14,17H,7-8H2,1-2H3,(H,15,16). The van der Waals surface area contributed by atoms with E-state index in [1.54, 1.807) is 13.8 Å². The number of hydrogen-bond acceptors (Lipinski definition) is 3. The number of para-hydroxylation sites is 1. The predicted octanol–water partition coefficient (Wildman–Crippen LogP) is 1.75. The molecule has 5 heteroatoms. The molecule has 0 aromatic heterocycles. The molecular weight excluding hydrogens is 284 g/mol. The van der Waals surface area contributed by atoms with Crippen molar-refractivity contribution in [1.29, 1.82) is 0 Å². The quantitative estimate of drug-likeness (QED) is 0.776. The minimum atomic E-state index is -0.812. The van der Waals surface area contributed by atoms with Gasteiger partial charge in [0.25, 0.3) is 0 Å². The maximum atomic E-state index is 11.6. The summed E-state index contributed by atoms with van der Waals surface area (Å²) >= 11 is 3.35. The molecule has 0 saturated carbocycles. The number of nitrogens with one attached hydrogen (secondary N) is 2. The lowest BCUT2D eigenvalue weighted by Gasteiger charge is -2.17. The van der Waals surface area contributed by atoms with E-state index in [1.165, 1.54) is 0 Å². The number of carbonyl (C=O) groups is 1. The maximum absolute atomic E-state index is 11.6. The molecular formula is C12H17BrN2O2. The van der Waals surface area contributed by atoms with Crippen molar-refractivity contribution < 1.29 is 9.90 Å². The zero-order valence-corrected chi connectivity index (χ0v) is 11.5. The lowest BCUT2D eigenvalue weighted by molar-refractivity contribution is -0.115. The highest BCUT2D eigenvalue weighted by Gasteiger charge is 2.12. The molecule has 0 aliphatic carbocycles. The second kappa shape index (κ2) is 6.14. The van der Waals surface area contributed by atoms with E-state index in [9.17, 15) is 9.90 Å². The summed E-state index contributed by atoms with van der Waals surface area (Å²) in [6.07, 6.45) is 0. The fourth-order valence-electron chi connectivity index (χ4n) is 1.24. The summed E-state index contributed by atoms with van der Waals surface area (Å²) in [5, 5.41) is 15.1. The summed E-state index contributed by atoms with van der Waals surface area (Å²) < 4.78 is 0.843. The van der Waals surface area contributed by atoms with Gasteiger partial charge in [-0.1, -0.05) is 12.1 Å². The van der Waals surface area contributed by atoms with Gasteiger partial charge in [0, 0.05) is 11.0 Å². The van der Waals surface area contributed by atoms with Crippen molar-refractivity contribution in [1.82, 2.24) is 5.32 Å². The molecule has 1 amide bonds. The third-order valence-electron chi connectivity index (χ3n) is 1.99. The average Bonchev–Trinajstić information content (AvgIpc) is 2.19. The van der Waals surface area contributed by atoms with Gasteiger partial charge >= 0.3 is 0 Å². The van der Waals surface area contributed by atoms with Crippen LogP contribution in [0.15, 0.2) is 28.7 Å². The number of anilines is 1. The second-order valence-corrected chi connectivity index (χ2v) is 5.30. The normalized spacial score (nSPS) is 11.3. The van der Waals surface area contributed by atoms with Gasteiger partial charge in [0.2, 0.25) is 5.91 Å². The fraction of sp³-hybridized carbons (Fsp3) is 0.417. The molecule has 4 nitrogen and oxygen atoms in total. The van der Waals surface area contributed by atoms with E-state index in [0.717, 1.165) is 10.2 Å². The lowest BCUT2D eigenvalue weighted by Crippen LogP contribution is -2.38. The number of benzene rings is 1. The van der Waals surface area contributed by atoms with Gasteiger partial charge in [-0.25, -0.2) is 0 Å². The Hall–Kier alpha value is -0.910. The number of rotatable bonds is 5. The van der Waals surface area contributed by atoms with Crippen LogP contribution in [0.3, 0.4) is 0 Å². The topological polar surface area (TPSA) is 61.4 Å². The van der Waals surface area contributed by atoms with Crippen molar-refractivity contribution in [2.45, 2.75) is 19.4 Å². The number of halogens is 1. The summed E-state index contributed by atoms with van der Waals surface area (Å²) in [5.41, 5.74) is -0.0734. The molecule has 0 atom stereocenters. The van der Waals surface area contributed by atoms with Crippen molar-refractivity contribution in [3.63, 3.8) is 0 Å². The Balaban J connectivity index is 2.38. The van der Waals surface area contributed by atoms with E-state index in [0.29, 0.717) is 6.54 Å². The molecule has 1 rings (SSSR count). The van der Waals surface area contributed by atoms with Crippen LogP contribution in [0.2, 0.25) is 0 Å². The summed E-state index contributed by atoms with van der Waals surface area (Å²) in [4.78, 5) is 11.6. The Morgan fingerprint density at radius 3 is 2.65 bits per heavy atom. The largest absolute Gasteiger partial charge is 0.389 e.